The molecule has 8 rings (SSSR count). The predicted octanol–water partition coefficient (Wildman–Crippen LogP) is -1.18. The van der Waals surface area contributed by atoms with Crippen molar-refractivity contribution in [3.8, 4) is 0 Å². The first-order chi connectivity index (χ1) is 31.3. The number of carboxylic acid groups (broad SMARTS) is 1. The molecule has 8 aliphatic rings. The molecular formula is C47H74O20. The first-order valence-electron chi connectivity index (χ1n) is 24.0. The molecule has 67 heavy (non-hydrogen) atoms. The van der Waals surface area contributed by atoms with Gasteiger partial charge >= 0.3 is 11.9 Å². The van der Waals surface area contributed by atoms with Crippen LogP contribution in [-0.2, 0) is 38.0 Å². The molecule has 0 spiro atoms. The summed E-state index contributed by atoms with van der Waals surface area (Å²) in [5, 5.41) is 128. The summed E-state index contributed by atoms with van der Waals surface area (Å²) in [5.74, 6) is -2.59. The van der Waals surface area contributed by atoms with Gasteiger partial charge in [-0.1, -0.05) is 46.3 Å². The summed E-state index contributed by atoms with van der Waals surface area (Å²) in [4.78, 5) is 27.6. The fourth-order valence-electron chi connectivity index (χ4n) is 14.9. The largest absolute Gasteiger partial charge is 0.481 e. The molecule has 382 valence electrons. The van der Waals surface area contributed by atoms with Gasteiger partial charge in [0.25, 0.3) is 0 Å². The van der Waals surface area contributed by atoms with Gasteiger partial charge in [-0.2, -0.15) is 0 Å². The van der Waals surface area contributed by atoms with Gasteiger partial charge in [-0.25, -0.2) is 0 Å². The number of carboxylic acids is 1. The second-order valence-corrected chi connectivity index (χ2v) is 22.8. The van der Waals surface area contributed by atoms with Crippen molar-refractivity contribution in [2.45, 2.75) is 198 Å². The third kappa shape index (κ3) is 7.78. The topological polar surface area (TPSA) is 332 Å². The number of aliphatic hydroxyl groups is 11. The van der Waals surface area contributed by atoms with E-state index < -0.39 is 156 Å². The van der Waals surface area contributed by atoms with E-state index in [1.807, 2.05) is 0 Å². The van der Waals surface area contributed by atoms with Crippen molar-refractivity contribution in [1.29, 1.82) is 0 Å². The van der Waals surface area contributed by atoms with E-state index in [4.69, 9.17) is 28.4 Å². The van der Waals surface area contributed by atoms with E-state index in [-0.39, 0.29) is 49.5 Å². The Morgan fingerprint density at radius 3 is 1.91 bits per heavy atom. The van der Waals surface area contributed by atoms with Gasteiger partial charge in [0.1, 0.15) is 72.6 Å². The Morgan fingerprint density at radius 2 is 1.30 bits per heavy atom. The zero-order valence-electron chi connectivity index (χ0n) is 39.2. The van der Waals surface area contributed by atoms with E-state index in [2.05, 4.69) is 40.7 Å². The van der Waals surface area contributed by atoms with E-state index in [0.29, 0.717) is 25.7 Å². The van der Waals surface area contributed by atoms with E-state index in [9.17, 15) is 70.9 Å². The van der Waals surface area contributed by atoms with Crippen LogP contribution in [0.5, 0.6) is 0 Å². The van der Waals surface area contributed by atoms with Gasteiger partial charge in [-0.15, -0.1) is 0 Å². The molecule has 0 aromatic heterocycles. The predicted molar refractivity (Wildman–Crippen MR) is 228 cm³/mol. The molecule has 7 fully saturated rings. The van der Waals surface area contributed by atoms with Crippen LogP contribution in [0.4, 0.5) is 0 Å². The highest BCUT2D eigenvalue weighted by Gasteiger charge is 2.72. The third-order valence-corrected chi connectivity index (χ3v) is 19.2. The molecular weight excluding hydrogens is 884 g/mol. The molecule has 0 radical (unpaired) electrons. The molecule has 20 heteroatoms. The maximum absolute atomic E-state index is 14.7. The number of carbonyl (C=O) groups is 2. The zero-order valence-corrected chi connectivity index (χ0v) is 39.2. The van der Waals surface area contributed by atoms with Crippen LogP contribution in [0.3, 0.4) is 0 Å². The normalized spacial score (nSPS) is 54.0. The van der Waals surface area contributed by atoms with E-state index in [0.717, 1.165) is 12.0 Å². The minimum Gasteiger partial charge on any atom is -0.481 e. The second kappa shape index (κ2) is 18.0. The van der Waals surface area contributed by atoms with Gasteiger partial charge in [0.2, 0.25) is 6.29 Å². The van der Waals surface area contributed by atoms with Crippen molar-refractivity contribution in [1.82, 2.24) is 0 Å². The molecule has 12 N–H and O–H groups in total. The summed E-state index contributed by atoms with van der Waals surface area (Å²) < 4.78 is 35.2. The summed E-state index contributed by atoms with van der Waals surface area (Å²) in [6, 6.07) is 0. The monoisotopic (exact) mass is 958 g/mol. The van der Waals surface area contributed by atoms with Gasteiger partial charge < -0.3 is 89.7 Å². The lowest BCUT2D eigenvalue weighted by atomic mass is 9.33. The maximum Gasteiger partial charge on any atom is 0.317 e. The number of ether oxygens (including phenoxy) is 6. The highest BCUT2D eigenvalue weighted by molar-refractivity contribution is 5.81. The molecule has 0 aromatic rings. The van der Waals surface area contributed by atoms with E-state index in [1.165, 1.54) is 0 Å². The highest BCUT2D eigenvalue weighted by Crippen LogP contribution is 2.76. The Hall–Kier alpha value is -1.96. The minimum absolute atomic E-state index is 0.0256. The average Bonchev–Trinajstić information content (AvgIpc) is 3.27. The number of esters is 1. The summed E-state index contributed by atoms with van der Waals surface area (Å²) in [5.41, 5.74) is -3.96. The van der Waals surface area contributed by atoms with Crippen molar-refractivity contribution < 1.29 is 99.3 Å². The standard InChI is InChI=1S/C47H74O20/c1-42(2)25-9-12-45(5)26(44(25,4)11-10-28(42)65-37-35(58)36(22(50)19-62-37)66-38-33(56)31(54)29(52)23(17-48)63-38)8-7-20-21-15-43(3,40(59)60)13-14-47(21,27(51)16-46(20,45)6)41(61)67-39-34(57)32(55)30(53)24(18-49)64-39/h7,21-39,48-58H,8-19H2,1-6H3,(H,59,60)/t21?,22-,23-,24-,25?,26?,27-,28?,29-,30+,31+,32+,33-,34-,35-,36+,37+,38+,39+,43+,44+,45-,46-,47?/m1/s1. The highest BCUT2D eigenvalue weighted by atomic mass is 16.7. The number of hydrogen-bond donors (Lipinski definition) is 12. The van der Waals surface area contributed by atoms with Crippen LogP contribution >= 0.6 is 0 Å². The summed E-state index contributed by atoms with van der Waals surface area (Å²) in [7, 11) is 0. The van der Waals surface area contributed by atoms with Crippen molar-refractivity contribution in [3.63, 3.8) is 0 Å². The van der Waals surface area contributed by atoms with Crippen LogP contribution in [0.25, 0.3) is 0 Å². The van der Waals surface area contributed by atoms with E-state index >= 15 is 0 Å². The number of aliphatic hydroxyl groups excluding tert-OH is 11. The molecule has 20 nitrogen and oxygen atoms in total. The lowest BCUT2D eigenvalue weighted by Gasteiger charge is -2.71. The lowest BCUT2D eigenvalue weighted by Crippen LogP contribution is -2.68. The Morgan fingerprint density at radius 1 is 0.687 bits per heavy atom. The molecule has 4 saturated carbocycles. The van der Waals surface area contributed by atoms with Crippen molar-refractivity contribution in [3.05, 3.63) is 11.6 Å². The summed E-state index contributed by atoms with van der Waals surface area (Å²) in [6.45, 7) is 10.9. The molecule has 3 heterocycles. The Balaban J connectivity index is 1.04. The fourth-order valence-corrected chi connectivity index (χ4v) is 14.9. The average molecular weight is 959 g/mol. The number of hydrogen-bond acceptors (Lipinski definition) is 19. The van der Waals surface area contributed by atoms with Crippen LogP contribution in [0.15, 0.2) is 11.6 Å². The number of rotatable bonds is 9. The van der Waals surface area contributed by atoms with Gasteiger partial charge in [0.05, 0.1) is 37.4 Å². The SMILES string of the molecule is CC1(C)C(O[C@@H]2OC[C@@H](O)[C@H](O[C@@H]3O[C@H](CO)[C@@H](O)[C@H](O)[C@H]3O)[C@H]2O)CC[C@@]2(C)C1CC[C@]1(C)C2CC=C2C3C[C@@](C)(C(=O)O)CCC3(C(=O)O[C@@H]3O[C@H](CO)[C@H](O)[C@H](O)[C@H]3O)[C@H](O)C[C@]21C. The Labute approximate surface area is 389 Å². The lowest BCUT2D eigenvalue weighted by molar-refractivity contribution is -0.357. The zero-order chi connectivity index (χ0) is 49.1. The number of aliphatic carboxylic acids is 1. The van der Waals surface area contributed by atoms with Gasteiger partial charge in [0.15, 0.2) is 12.6 Å². The molecule has 3 saturated heterocycles. The first-order valence-corrected chi connectivity index (χ1v) is 24.0. The molecule has 5 unspecified atom stereocenters. The molecule has 0 bridgehead atoms. The third-order valence-electron chi connectivity index (χ3n) is 19.2. The van der Waals surface area contributed by atoms with Gasteiger partial charge in [-0.05, 0) is 98.2 Å². The van der Waals surface area contributed by atoms with Crippen LogP contribution in [0.2, 0.25) is 0 Å². The van der Waals surface area contributed by atoms with Crippen molar-refractivity contribution in [2.24, 2.45) is 50.2 Å². The quantitative estimate of drug-likeness (QED) is 0.0735. The maximum atomic E-state index is 14.7. The van der Waals surface area contributed by atoms with Crippen molar-refractivity contribution in [2.75, 3.05) is 19.8 Å². The van der Waals surface area contributed by atoms with Crippen molar-refractivity contribution >= 4 is 11.9 Å². The first kappa shape index (κ1) is 51.4. The summed E-state index contributed by atoms with van der Waals surface area (Å²) in [6.07, 6.45) is -18.1. The fraction of sp³-hybridized carbons (Fsp3) is 0.915. The van der Waals surface area contributed by atoms with Crippen LogP contribution < -0.4 is 0 Å². The molecule has 5 aliphatic carbocycles. The molecule has 3 aliphatic heterocycles. The number of carbonyl (C=O) groups excluding carboxylic acids is 1. The number of allylic oxidation sites excluding steroid dienone is 2. The molecule has 24 atom stereocenters. The Kier molecular flexibility index (Phi) is 13.8. The van der Waals surface area contributed by atoms with E-state index in [1.54, 1.807) is 6.92 Å². The summed E-state index contributed by atoms with van der Waals surface area (Å²) >= 11 is 0. The molecule has 0 amide bonds. The van der Waals surface area contributed by atoms with Crippen LogP contribution in [0.1, 0.15) is 99.3 Å². The second-order valence-electron chi connectivity index (χ2n) is 22.8. The van der Waals surface area contributed by atoms with Crippen LogP contribution in [-0.4, -0.2) is 191 Å². The van der Waals surface area contributed by atoms with Gasteiger partial charge in [0, 0.05) is 5.92 Å². The smallest absolute Gasteiger partial charge is 0.317 e. The van der Waals surface area contributed by atoms with Gasteiger partial charge in [-0.3, -0.25) is 9.59 Å². The van der Waals surface area contributed by atoms with Crippen LogP contribution in [0, 0.1) is 50.2 Å². The Bertz CT molecular complexity index is 1880. The minimum atomic E-state index is -1.87. The molecule has 0 aromatic carbocycles. The number of fused-ring (bicyclic) bond motifs is 7.